The lowest BCUT2D eigenvalue weighted by atomic mass is 10.3. The molecule has 0 aliphatic heterocycles. The van der Waals surface area contributed by atoms with Gasteiger partial charge in [0.05, 0.1) is 5.39 Å². The van der Waals surface area contributed by atoms with E-state index >= 15 is 0 Å². The van der Waals surface area contributed by atoms with Crippen LogP contribution in [-0.4, -0.2) is 40.1 Å². The van der Waals surface area contributed by atoms with Gasteiger partial charge >= 0.3 is 0 Å². The number of carbonyl (C=O) groups is 1. The van der Waals surface area contributed by atoms with E-state index in [1.165, 1.54) is 4.40 Å². The molecule has 0 unspecified atom stereocenters. The van der Waals surface area contributed by atoms with Crippen LogP contribution in [0.4, 0.5) is 0 Å². The Bertz CT molecular complexity index is 1020. The first kappa shape index (κ1) is 19.1. The molecule has 3 aromatic heterocycles. The van der Waals surface area contributed by atoms with Crippen LogP contribution >= 0.6 is 0 Å². The molecule has 0 bridgehead atoms. The summed E-state index contributed by atoms with van der Waals surface area (Å²) in [7, 11) is 1.65. The molecule has 0 saturated heterocycles. The smallest absolute Gasteiger partial charge is 0.267 e. The lowest BCUT2D eigenvalue weighted by Gasteiger charge is -2.11. The third-order valence-electron chi connectivity index (χ3n) is 4.67. The molecular weight excluding hydrogens is 344 g/mol. The first-order chi connectivity index (χ1) is 13.1. The number of amides is 1. The van der Waals surface area contributed by atoms with Crippen LogP contribution in [0.25, 0.3) is 16.7 Å². The zero-order valence-corrected chi connectivity index (χ0v) is 16.1. The van der Waals surface area contributed by atoms with E-state index in [-0.39, 0.29) is 11.5 Å². The molecule has 0 saturated carbocycles. The van der Waals surface area contributed by atoms with Crippen LogP contribution in [0.5, 0.6) is 0 Å². The Morgan fingerprint density at radius 1 is 1.30 bits per heavy atom. The molecule has 7 nitrogen and oxygen atoms in total. The van der Waals surface area contributed by atoms with Gasteiger partial charge in [-0.25, -0.2) is 4.98 Å². The van der Waals surface area contributed by atoms with E-state index < -0.39 is 0 Å². The van der Waals surface area contributed by atoms with Gasteiger partial charge in [-0.05, 0) is 37.5 Å². The first-order valence-corrected chi connectivity index (χ1v) is 9.36. The molecule has 3 aromatic rings. The van der Waals surface area contributed by atoms with E-state index in [1.54, 1.807) is 19.4 Å². The molecule has 0 radical (unpaired) electrons. The number of pyridine rings is 1. The Labute approximate surface area is 158 Å². The Morgan fingerprint density at radius 2 is 2.11 bits per heavy atom. The Balaban J connectivity index is 2.15. The maximum Gasteiger partial charge on any atom is 0.267 e. The number of nitrogens with zero attached hydrogens (tertiary/aromatic N) is 3. The molecule has 1 N–H and O–H groups in total. The van der Waals surface area contributed by atoms with E-state index in [2.05, 4.69) is 12.2 Å². The van der Waals surface area contributed by atoms with Crippen molar-refractivity contribution >= 4 is 22.6 Å². The van der Waals surface area contributed by atoms with Crippen LogP contribution in [0.1, 0.15) is 42.2 Å². The molecule has 27 heavy (non-hydrogen) atoms. The molecular formula is C20H26N4O3. The minimum Gasteiger partial charge on any atom is -0.385 e. The van der Waals surface area contributed by atoms with Gasteiger partial charge in [0.15, 0.2) is 0 Å². The third kappa shape index (κ3) is 3.73. The highest BCUT2D eigenvalue weighted by Gasteiger charge is 2.19. The van der Waals surface area contributed by atoms with Crippen molar-refractivity contribution in [1.82, 2.24) is 19.3 Å². The number of aromatic nitrogens is 3. The number of ether oxygens (including phenoxy) is 1. The number of unbranched alkanes of at least 4 members (excludes halogenated alkanes) is 1. The molecule has 3 rings (SSSR count). The molecule has 0 spiro atoms. The minimum absolute atomic E-state index is 0.160. The standard InChI is InChI=1S/C20H26N4O3/c1-4-5-9-21-19(25)16-13-15-18(23(16)11-7-12-27-3)22-17-14(2)8-6-10-24(17)20(15)26/h6,8,10,13H,4-5,7,9,11-12H2,1-3H3,(H,21,25). The van der Waals surface area contributed by atoms with Crippen molar-refractivity contribution in [2.75, 3.05) is 20.3 Å². The van der Waals surface area contributed by atoms with E-state index in [0.717, 1.165) is 24.8 Å². The number of nitrogens with one attached hydrogen (secondary N) is 1. The van der Waals surface area contributed by atoms with Crippen molar-refractivity contribution in [3.05, 3.63) is 46.0 Å². The molecule has 0 aliphatic rings. The van der Waals surface area contributed by atoms with Crippen LogP contribution in [0.15, 0.2) is 29.2 Å². The van der Waals surface area contributed by atoms with E-state index in [4.69, 9.17) is 9.72 Å². The second-order valence-electron chi connectivity index (χ2n) is 6.68. The monoisotopic (exact) mass is 370 g/mol. The number of hydrogen-bond acceptors (Lipinski definition) is 4. The summed E-state index contributed by atoms with van der Waals surface area (Å²) in [5, 5.41) is 3.39. The van der Waals surface area contributed by atoms with Crippen LogP contribution in [-0.2, 0) is 11.3 Å². The fourth-order valence-corrected chi connectivity index (χ4v) is 3.21. The van der Waals surface area contributed by atoms with Gasteiger partial charge in [0, 0.05) is 33.0 Å². The molecule has 0 aliphatic carbocycles. The van der Waals surface area contributed by atoms with Gasteiger partial charge in [0.2, 0.25) is 0 Å². The van der Waals surface area contributed by atoms with Gasteiger partial charge in [0.25, 0.3) is 11.5 Å². The average Bonchev–Trinajstić information content (AvgIpc) is 3.02. The summed E-state index contributed by atoms with van der Waals surface area (Å²) < 4.78 is 8.52. The summed E-state index contributed by atoms with van der Waals surface area (Å²) in [6, 6.07) is 5.41. The summed E-state index contributed by atoms with van der Waals surface area (Å²) in [6.45, 7) is 5.74. The topological polar surface area (TPSA) is 77.6 Å². The molecule has 0 aromatic carbocycles. The predicted molar refractivity (Wildman–Crippen MR) is 105 cm³/mol. The molecule has 3 heterocycles. The molecule has 1 amide bonds. The summed E-state index contributed by atoms with van der Waals surface area (Å²) in [4.78, 5) is 30.4. The lowest BCUT2D eigenvalue weighted by Crippen LogP contribution is -2.27. The molecule has 7 heteroatoms. The second kappa shape index (κ2) is 8.35. The van der Waals surface area contributed by atoms with Gasteiger partial charge in [-0.3, -0.25) is 14.0 Å². The van der Waals surface area contributed by atoms with Crippen LogP contribution in [0.3, 0.4) is 0 Å². The van der Waals surface area contributed by atoms with Gasteiger partial charge in [-0.2, -0.15) is 0 Å². The normalized spacial score (nSPS) is 11.4. The maximum atomic E-state index is 13.0. The molecule has 144 valence electrons. The summed E-state index contributed by atoms with van der Waals surface area (Å²) in [5.74, 6) is -0.177. The van der Waals surface area contributed by atoms with Crippen LogP contribution in [0, 0.1) is 6.92 Å². The minimum atomic E-state index is -0.177. The number of hydrogen-bond donors (Lipinski definition) is 1. The Hall–Kier alpha value is -2.67. The average molecular weight is 370 g/mol. The van der Waals surface area contributed by atoms with Crippen molar-refractivity contribution in [1.29, 1.82) is 0 Å². The predicted octanol–water partition coefficient (Wildman–Crippen LogP) is 2.52. The fourth-order valence-electron chi connectivity index (χ4n) is 3.21. The zero-order chi connectivity index (χ0) is 19.4. The van der Waals surface area contributed by atoms with Gasteiger partial charge in [0.1, 0.15) is 17.0 Å². The number of methoxy groups -OCH3 is 1. The van der Waals surface area contributed by atoms with Gasteiger partial charge < -0.3 is 14.6 Å². The summed E-state index contributed by atoms with van der Waals surface area (Å²) in [6.07, 6.45) is 4.36. The third-order valence-corrected chi connectivity index (χ3v) is 4.67. The quantitative estimate of drug-likeness (QED) is 0.618. The highest BCUT2D eigenvalue weighted by molar-refractivity contribution is 5.98. The number of fused-ring (bicyclic) bond motifs is 2. The zero-order valence-electron chi connectivity index (χ0n) is 16.1. The second-order valence-corrected chi connectivity index (χ2v) is 6.68. The Morgan fingerprint density at radius 3 is 2.85 bits per heavy atom. The molecule has 0 atom stereocenters. The van der Waals surface area contributed by atoms with Gasteiger partial charge in [-0.15, -0.1) is 0 Å². The van der Waals surface area contributed by atoms with Gasteiger partial charge in [-0.1, -0.05) is 19.4 Å². The number of carbonyl (C=O) groups excluding carboxylic acids is 1. The lowest BCUT2D eigenvalue weighted by molar-refractivity contribution is 0.0943. The van der Waals surface area contributed by atoms with Crippen molar-refractivity contribution in [3.8, 4) is 0 Å². The highest BCUT2D eigenvalue weighted by Crippen LogP contribution is 2.18. The Kier molecular flexibility index (Phi) is 5.91. The van der Waals surface area contributed by atoms with Crippen LogP contribution < -0.4 is 10.9 Å². The SMILES string of the molecule is CCCCNC(=O)c1cc2c(=O)n3cccc(C)c3nc2n1CCCOC. The van der Waals surface area contributed by atoms with E-state index in [0.29, 0.717) is 42.1 Å². The van der Waals surface area contributed by atoms with Crippen molar-refractivity contribution < 1.29 is 9.53 Å². The number of aryl methyl sites for hydroxylation is 2. The van der Waals surface area contributed by atoms with Crippen LogP contribution in [0.2, 0.25) is 0 Å². The first-order valence-electron chi connectivity index (χ1n) is 9.36. The van der Waals surface area contributed by atoms with E-state index in [9.17, 15) is 9.59 Å². The highest BCUT2D eigenvalue weighted by atomic mass is 16.5. The van der Waals surface area contributed by atoms with Crippen molar-refractivity contribution in [2.45, 2.75) is 39.7 Å². The summed E-state index contributed by atoms with van der Waals surface area (Å²) in [5.41, 5.74) is 2.38. The van der Waals surface area contributed by atoms with Crippen molar-refractivity contribution in [3.63, 3.8) is 0 Å². The number of rotatable bonds is 8. The fraction of sp³-hybridized carbons (Fsp3) is 0.450. The summed E-state index contributed by atoms with van der Waals surface area (Å²) >= 11 is 0. The van der Waals surface area contributed by atoms with Crippen molar-refractivity contribution in [2.24, 2.45) is 0 Å². The molecule has 0 fully saturated rings. The maximum absolute atomic E-state index is 13.0. The largest absolute Gasteiger partial charge is 0.385 e. The van der Waals surface area contributed by atoms with E-state index in [1.807, 2.05) is 23.6 Å².